The maximum absolute atomic E-state index is 5.87. The highest BCUT2D eigenvalue weighted by Crippen LogP contribution is 2.30. The van der Waals surface area contributed by atoms with E-state index in [1.54, 1.807) is 6.20 Å². The van der Waals surface area contributed by atoms with Crippen LogP contribution in [-0.4, -0.2) is 4.98 Å². The first-order chi connectivity index (χ1) is 5.16. The number of rotatable bonds is 1. The van der Waals surface area contributed by atoms with Gasteiger partial charge in [0.15, 0.2) is 0 Å². The van der Waals surface area contributed by atoms with E-state index in [0.29, 0.717) is 20.0 Å². The topological polar surface area (TPSA) is 12.9 Å². The summed E-state index contributed by atoms with van der Waals surface area (Å²) in [6, 6.07) is 0. The number of hydrogen-bond donors (Lipinski definition) is 0. The Morgan fingerprint density at radius 2 is 2.09 bits per heavy atom. The first-order valence-corrected chi connectivity index (χ1v) is 5.38. The molecule has 0 fully saturated rings. The third kappa shape index (κ3) is 2.08. The quantitative estimate of drug-likeness (QED) is 0.562. The Hall–Kier alpha value is 0.690. The van der Waals surface area contributed by atoms with Gasteiger partial charge in [0.2, 0.25) is 0 Å². The van der Waals surface area contributed by atoms with Crippen molar-refractivity contribution in [3.05, 3.63) is 26.4 Å². The highest BCUT2D eigenvalue weighted by molar-refractivity contribution is 9.10. The van der Waals surface area contributed by atoms with Crippen LogP contribution in [0.1, 0.15) is 5.56 Å². The van der Waals surface area contributed by atoms with Gasteiger partial charge in [-0.25, -0.2) is 4.98 Å². The maximum Gasteiger partial charge on any atom is 0.125 e. The molecular weight excluding hydrogens is 317 g/mol. The van der Waals surface area contributed by atoms with E-state index in [4.69, 9.17) is 23.2 Å². The van der Waals surface area contributed by atoms with Gasteiger partial charge in [-0.1, -0.05) is 39.1 Å². The number of alkyl halides is 1. The Kier molecular flexibility index (Phi) is 3.62. The van der Waals surface area contributed by atoms with Gasteiger partial charge in [-0.2, -0.15) is 0 Å². The van der Waals surface area contributed by atoms with E-state index in [2.05, 4.69) is 36.8 Å². The van der Waals surface area contributed by atoms with Gasteiger partial charge in [0.1, 0.15) is 4.60 Å². The van der Waals surface area contributed by atoms with Crippen LogP contribution in [0.2, 0.25) is 10.0 Å². The summed E-state index contributed by atoms with van der Waals surface area (Å²) < 4.78 is 0.623. The Labute approximate surface area is 91.4 Å². The fourth-order valence-corrected chi connectivity index (χ4v) is 2.32. The number of nitrogens with zero attached hydrogens (tertiary/aromatic N) is 1. The maximum atomic E-state index is 5.87. The lowest BCUT2D eigenvalue weighted by Crippen LogP contribution is -1.86. The second-order valence-electron chi connectivity index (χ2n) is 1.82. The third-order valence-electron chi connectivity index (χ3n) is 1.16. The zero-order valence-corrected chi connectivity index (χ0v) is 9.93. The highest BCUT2D eigenvalue weighted by Gasteiger charge is 2.08. The van der Waals surface area contributed by atoms with E-state index in [9.17, 15) is 0 Å². The molecule has 0 saturated carbocycles. The molecule has 1 aromatic rings. The highest BCUT2D eigenvalue weighted by atomic mass is 79.9. The third-order valence-corrected chi connectivity index (χ3v) is 3.28. The Morgan fingerprint density at radius 1 is 1.45 bits per heavy atom. The molecule has 0 spiro atoms. The predicted octanol–water partition coefficient (Wildman–Crippen LogP) is 4.05. The number of pyridine rings is 1. The van der Waals surface area contributed by atoms with Crippen molar-refractivity contribution in [3.8, 4) is 0 Å². The molecule has 0 N–H and O–H groups in total. The zero-order chi connectivity index (χ0) is 8.43. The lowest BCUT2D eigenvalue weighted by molar-refractivity contribution is 1.23. The fourth-order valence-electron chi connectivity index (χ4n) is 0.600. The molecule has 0 atom stereocenters. The first-order valence-electron chi connectivity index (χ1n) is 2.71. The van der Waals surface area contributed by atoms with Crippen molar-refractivity contribution in [2.24, 2.45) is 0 Å². The molecule has 0 saturated heterocycles. The fraction of sp³-hybridized carbons (Fsp3) is 0.167. The summed E-state index contributed by atoms with van der Waals surface area (Å²) >= 11 is 18.2. The van der Waals surface area contributed by atoms with E-state index < -0.39 is 0 Å². The van der Waals surface area contributed by atoms with Crippen LogP contribution in [0.5, 0.6) is 0 Å². The van der Waals surface area contributed by atoms with E-state index in [-0.39, 0.29) is 0 Å². The lowest BCUT2D eigenvalue weighted by atomic mass is 10.3. The van der Waals surface area contributed by atoms with Crippen molar-refractivity contribution in [3.63, 3.8) is 0 Å². The van der Waals surface area contributed by atoms with Crippen molar-refractivity contribution in [1.82, 2.24) is 4.98 Å². The molecule has 0 aliphatic carbocycles. The predicted molar refractivity (Wildman–Crippen MR) is 54.6 cm³/mol. The van der Waals surface area contributed by atoms with Crippen molar-refractivity contribution in [2.75, 3.05) is 0 Å². The summed E-state index contributed by atoms with van der Waals surface area (Å²) in [7, 11) is 0. The summed E-state index contributed by atoms with van der Waals surface area (Å²) in [4.78, 5) is 3.92. The number of halogens is 4. The largest absolute Gasteiger partial charge is 0.246 e. The minimum atomic E-state index is 0.564. The minimum Gasteiger partial charge on any atom is -0.246 e. The molecule has 0 unspecified atom stereocenters. The Bertz CT molecular complexity index is 278. The van der Waals surface area contributed by atoms with Crippen LogP contribution in [0.4, 0.5) is 0 Å². The normalized spacial score (nSPS) is 10.2. The molecule has 0 bridgehead atoms. The van der Waals surface area contributed by atoms with Crippen LogP contribution in [0.15, 0.2) is 10.8 Å². The van der Waals surface area contributed by atoms with Gasteiger partial charge in [-0.05, 0) is 15.9 Å². The Morgan fingerprint density at radius 3 is 2.55 bits per heavy atom. The van der Waals surface area contributed by atoms with Crippen LogP contribution in [-0.2, 0) is 5.33 Å². The average molecular weight is 320 g/mol. The average Bonchev–Trinajstić information content (AvgIpc) is 1.99. The van der Waals surface area contributed by atoms with E-state index in [0.717, 1.165) is 5.56 Å². The second kappa shape index (κ2) is 4.08. The molecule has 0 aliphatic rings. The zero-order valence-electron chi connectivity index (χ0n) is 5.24. The van der Waals surface area contributed by atoms with Gasteiger partial charge in [0.05, 0.1) is 10.0 Å². The van der Waals surface area contributed by atoms with E-state index >= 15 is 0 Å². The molecule has 1 rings (SSSR count). The standard InChI is InChI=1S/C6H3Br2Cl2N/c7-1-3-4(9)2-11-6(8)5(3)10/h2H,1H2. The van der Waals surface area contributed by atoms with Crippen LogP contribution in [0, 0.1) is 0 Å². The number of aromatic nitrogens is 1. The molecule has 1 heterocycles. The van der Waals surface area contributed by atoms with Gasteiger partial charge in [-0.15, -0.1) is 0 Å². The molecule has 0 amide bonds. The summed E-state index contributed by atoms with van der Waals surface area (Å²) in [6.45, 7) is 0. The van der Waals surface area contributed by atoms with E-state index in [1.165, 1.54) is 0 Å². The summed E-state index contributed by atoms with van der Waals surface area (Å²) in [5.74, 6) is 0. The molecular formula is C6H3Br2Cl2N. The van der Waals surface area contributed by atoms with Crippen LogP contribution >= 0.6 is 55.1 Å². The van der Waals surface area contributed by atoms with Gasteiger partial charge < -0.3 is 0 Å². The van der Waals surface area contributed by atoms with Gasteiger partial charge in [0.25, 0.3) is 0 Å². The first kappa shape index (κ1) is 9.78. The van der Waals surface area contributed by atoms with Gasteiger partial charge in [-0.3, -0.25) is 0 Å². The molecule has 1 aromatic heterocycles. The summed E-state index contributed by atoms with van der Waals surface area (Å²) in [6.07, 6.45) is 1.56. The van der Waals surface area contributed by atoms with Gasteiger partial charge in [0, 0.05) is 17.1 Å². The van der Waals surface area contributed by atoms with Crippen molar-refractivity contribution in [2.45, 2.75) is 5.33 Å². The minimum absolute atomic E-state index is 0.564. The lowest BCUT2D eigenvalue weighted by Gasteiger charge is -2.02. The second-order valence-corrected chi connectivity index (χ2v) is 3.92. The van der Waals surface area contributed by atoms with Crippen LogP contribution < -0.4 is 0 Å². The smallest absolute Gasteiger partial charge is 0.125 e. The molecule has 0 radical (unpaired) electrons. The molecule has 11 heavy (non-hydrogen) atoms. The molecule has 1 nitrogen and oxygen atoms in total. The van der Waals surface area contributed by atoms with Gasteiger partial charge >= 0.3 is 0 Å². The molecule has 5 heteroatoms. The monoisotopic (exact) mass is 317 g/mol. The summed E-state index contributed by atoms with van der Waals surface area (Å²) in [5.41, 5.74) is 0.857. The van der Waals surface area contributed by atoms with Crippen molar-refractivity contribution >= 4 is 55.1 Å². The van der Waals surface area contributed by atoms with Crippen LogP contribution in [0.3, 0.4) is 0 Å². The van der Waals surface area contributed by atoms with Crippen molar-refractivity contribution < 1.29 is 0 Å². The molecule has 0 aliphatic heterocycles. The van der Waals surface area contributed by atoms with E-state index in [1.807, 2.05) is 0 Å². The SMILES string of the molecule is Clc1cnc(Br)c(Cl)c1CBr. The number of hydrogen-bond acceptors (Lipinski definition) is 1. The molecule has 60 valence electrons. The summed E-state index contributed by atoms with van der Waals surface area (Å²) in [5, 5.41) is 1.77. The Balaban J connectivity index is 3.29. The van der Waals surface area contributed by atoms with Crippen molar-refractivity contribution in [1.29, 1.82) is 0 Å². The van der Waals surface area contributed by atoms with Crippen LogP contribution in [0.25, 0.3) is 0 Å². The molecule has 0 aromatic carbocycles.